The summed E-state index contributed by atoms with van der Waals surface area (Å²) in [4.78, 5) is 10.5. The molecule has 0 aliphatic rings. The largest absolute Gasteiger partial charge is 0.477 e. The maximum absolute atomic E-state index is 13.3. The summed E-state index contributed by atoms with van der Waals surface area (Å²) in [5.74, 6) is -6.21. The minimum atomic E-state index is -1.85. The third-order valence-electron chi connectivity index (χ3n) is 1.99. The molecule has 0 aliphatic carbocycles. The molecule has 0 saturated carbocycles. The molecule has 6 heteroatoms. The van der Waals surface area contributed by atoms with Gasteiger partial charge in [-0.05, 0) is 25.0 Å². The number of carbonyl (C=O) groups is 1. The summed E-state index contributed by atoms with van der Waals surface area (Å²) < 4.78 is 39.7. The van der Waals surface area contributed by atoms with Crippen LogP contribution in [0.4, 0.5) is 13.2 Å². The van der Waals surface area contributed by atoms with Crippen LogP contribution in [0.15, 0.2) is 6.07 Å². The van der Waals surface area contributed by atoms with Crippen molar-refractivity contribution in [1.82, 2.24) is 0 Å². The molecule has 0 bridgehead atoms. The van der Waals surface area contributed by atoms with Gasteiger partial charge >= 0.3 is 5.97 Å². The van der Waals surface area contributed by atoms with Gasteiger partial charge in [-0.25, -0.2) is 18.0 Å². The van der Waals surface area contributed by atoms with Crippen molar-refractivity contribution in [2.45, 2.75) is 19.4 Å². The predicted octanol–water partition coefficient (Wildman–Crippen LogP) is 1.69. The number of carboxylic acid groups (broad SMARTS) is 1. The zero-order valence-corrected chi connectivity index (χ0v) is 8.43. The van der Waals surface area contributed by atoms with E-state index in [-0.39, 0.29) is 12.0 Å². The zero-order chi connectivity index (χ0) is 12.5. The summed E-state index contributed by atoms with van der Waals surface area (Å²) in [6.07, 6.45) is -0.0699. The van der Waals surface area contributed by atoms with Crippen LogP contribution in [0.25, 0.3) is 0 Å². The maximum Gasteiger partial charge on any atom is 0.341 e. The Labute approximate surface area is 89.7 Å². The summed E-state index contributed by atoms with van der Waals surface area (Å²) in [7, 11) is 0. The molecule has 0 amide bonds. The van der Waals surface area contributed by atoms with E-state index in [1.165, 1.54) is 0 Å². The summed E-state index contributed by atoms with van der Waals surface area (Å²) in [6, 6.07) is 0.176. The van der Waals surface area contributed by atoms with Gasteiger partial charge in [0.1, 0.15) is 11.4 Å². The lowest BCUT2D eigenvalue weighted by molar-refractivity contribution is 0.0685. The SMILES string of the molecule is CC(N)Cc1cc(F)c(C(=O)O)c(F)c1F. The van der Waals surface area contributed by atoms with Gasteiger partial charge in [-0.2, -0.15) is 0 Å². The average molecular weight is 233 g/mol. The Kier molecular flexibility index (Phi) is 3.54. The van der Waals surface area contributed by atoms with Crippen LogP contribution in [-0.4, -0.2) is 17.1 Å². The van der Waals surface area contributed by atoms with Crippen LogP contribution >= 0.6 is 0 Å². The third kappa shape index (κ3) is 2.33. The van der Waals surface area contributed by atoms with Gasteiger partial charge in [0, 0.05) is 6.04 Å². The number of halogens is 3. The van der Waals surface area contributed by atoms with Gasteiger partial charge < -0.3 is 10.8 Å². The van der Waals surface area contributed by atoms with E-state index in [1.807, 2.05) is 0 Å². The lowest BCUT2D eigenvalue weighted by atomic mass is 10.0. The van der Waals surface area contributed by atoms with Crippen LogP contribution < -0.4 is 5.73 Å². The molecule has 1 rings (SSSR count). The first-order chi connectivity index (χ1) is 7.34. The van der Waals surface area contributed by atoms with Crippen molar-refractivity contribution < 1.29 is 23.1 Å². The molecule has 0 aliphatic heterocycles. The molecule has 1 unspecified atom stereocenters. The second-order valence-corrected chi connectivity index (χ2v) is 3.51. The number of rotatable bonds is 3. The molecule has 1 aromatic rings. The first-order valence-corrected chi connectivity index (χ1v) is 4.49. The van der Waals surface area contributed by atoms with Crippen LogP contribution in [0.2, 0.25) is 0 Å². The predicted molar refractivity (Wildman–Crippen MR) is 50.6 cm³/mol. The Morgan fingerprint density at radius 3 is 2.44 bits per heavy atom. The highest BCUT2D eigenvalue weighted by Gasteiger charge is 2.23. The standard InChI is InChI=1S/C10H10F3NO2/c1-4(14)2-5-3-6(11)7(10(15)16)9(13)8(5)12/h3-4H,2,14H2,1H3,(H,15,16). The zero-order valence-electron chi connectivity index (χ0n) is 8.43. The normalized spacial score (nSPS) is 12.6. The molecule has 0 aromatic heterocycles. The molecule has 88 valence electrons. The molecule has 0 spiro atoms. The molecule has 16 heavy (non-hydrogen) atoms. The Morgan fingerprint density at radius 2 is 2.00 bits per heavy atom. The Balaban J connectivity index is 3.33. The smallest absolute Gasteiger partial charge is 0.341 e. The second-order valence-electron chi connectivity index (χ2n) is 3.51. The van der Waals surface area contributed by atoms with Crippen molar-refractivity contribution in [3.63, 3.8) is 0 Å². The molecule has 0 saturated heterocycles. The first kappa shape index (κ1) is 12.5. The number of aromatic carboxylic acids is 1. The lowest BCUT2D eigenvalue weighted by Crippen LogP contribution is -2.20. The van der Waals surface area contributed by atoms with Crippen molar-refractivity contribution in [2.24, 2.45) is 5.73 Å². The minimum Gasteiger partial charge on any atom is -0.477 e. The quantitative estimate of drug-likeness (QED) is 0.781. The molecule has 0 fully saturated rings. The Hall–Kier alpha value is -1.56. The molecule has 1 atom stereocenters. The number of carboxylic acids is 1. The number of hydrogen-bond donors (Lipinski definition) is 2. The molecule has 0 heterocycles. The van der Waals surface area contributed by atoms with Crippen LogP contribution in [0.3, 0.4) is 0 Å². The van der Waals surface area contributed by atoms with E-state index in [0.29, 0.717) is 6.07 Å². The van der Waals surface area contributed by atoms with E-state index in [2.05, 4.69) is 0 Å². The van der Waals surface area contributed by atoms with E-state index < -0.39 is 35.0 Å². The Bertz CT molecular complexity index is 433. The van der Waals surface area contributed by atoms with Gasteiger partial charge in [0.15, 0.2) is 11.6 Å². The fraction of sp³-hybridized carbons (Fsp3) is 0.300. The summed E-state index contributed by atoms with van der Waals surface area (Å²) in [6.45, 7) is 1.54. The summed E-state index contributed by atoms with van der Waals surface area (Å²) in [5.41, 5.74) is 3.81. The van der Waals surface area contributed by atoms with E-state index in [9.17, 15) is 18.0 Å². The highest BCUT2D eigenvalue weighted by atomic mass is 19.2. The highest BCUT2D eigenvalue weighted by molar-refractivity contribution is 5.88. The van der Waals surface area contributed by atoms with Crippen molar-refractivity contribution >= 4 is 5.97 Å². The van der Waals surface area contributed by atoms with Gasteiger partial charge in [0.05, 0.1) is 0 Å². The highest BCUT2D eigenvalue weighted by Crippen LogP contribution is 2.21. The fourth-order valence-electron chi connectivity index (χ4n) is 1.34. The number of nitrogens with two attached hydrogens (primary N) is 1. The number of benzene rings is 1. The van der Waals surface area contributed by atoms with Crippen molar-refractivity contribution in [1.29, 1.82) is 0 Å². The van der Waals surface area contributed by atoms with E-state index in [0.717, 1.165) is 0 Å². The van der Waals surface area contributed by atoms with Gasteiger partial charge in [-0.1, -0.05) is 0 Å². The molecule has 3 nitrogen and oxygen atoms in total. The summed E-state index contributed by atoms with van der Waals surface area (Å²) >= 11 is 0. The van der Waals surface area contributed by atoms with Crippen LogP contribution in [0.5, 0.6) is 0 Å². The topological polar surface area (TPSA) is 63.3 Å². The second kappa shape index (κ2) is 4.52. The van der Waals surface area contributed by atoms with Gasteiger partial charge in [-0.3, -0.25) is 0 Å². The van der Waals surface area contributed by atoms with E-state index in [4.69, 9.17) is 10.8 Å². The molecule has 1 aromatic carbocycles. The lowest BCUT2D eigenvalue weighted by Gasteiger charge is -2.09. The fourth-order valence-corrected chi connectivity index (χ4v) is 1.34. The average Bonchev–Trinajstić information content (AvgIpc) is 2.12. The first-order valence-electron chi connectivity index (χ1n) is 4.49. The maximum atomic E-state index is 13.3. The molecular formula is C10H10F3NO2. The van der Waals surface area contributed by atoms with E-state index in [1.54, 1.807) is 6.92 Å². The number of hydrogen-bond acceptors (Lipinski definition) is 2. The Morgan fingerprint density at radius 1 is 1.44 bits per heavy atom. The third-order valence-corrected chi connectivity index (χ3v) is 1.99. The van der Waals surface area contributed by atoms with Crippen molar-refractivity contribution in [3.05, 3.63) is 34.6 Å². The molecule has 3 N–H and O–H groups in total. The van der Waals surface area contributed by atoms with Crippen LogP contribution in [0, 0.1) is 17.5 Å². The van der Waals surface area contributed by atoms with Gasteiger partial charge in [0.2, 0.25) is 0 Å². The monoisotopic (exact) mass is 233 g/mol. The van der Waals surface area contributed by atoms with Gasteiger partial charge in [0.25, 0.3) is 0 Å². The van der Waals surface area contributed by atoms with Crippen molar-refractivity contribution in [2.75, 3.05) is 0 Å². The summed E-state index contributed by atoms with van der Waals surface area (Å²) in [5, 5.41) is 8.47. The van der Waals surface area contributed by atoms with Crippen LogP contribution in [0.1, 0.15) is 22.8 Å². The minimum absolute atomic E-state index is 0.0699. The van der Waals surface area contributed by atoms with Crippen LogP contribution in [-0.2, 0) is 6.42 Å². The van der Waals surface area contributed by atoms with Crippen molar-refractivity contribution in [3.8, 4) is 0 Å². The molecular weight excluding hydrogens is 223 g/mol. The molecule has 0 radical (unpaired) electrons. The van der Waals surface area contributed by atoms with E-state index >= 15 is 0 Å². The van der Waals surface area contributed by atoms with Gasteiger partial charge in [-0.15, -0.1) is 0 Å².